The van der Waals surface area contributed by atoms with Gasteiger partial charge in [0.1, 0.15) is 0 Å². The van der Waals surface area contributed by atoms with Gasteiger partial charge in [0.15, 0.2) is 0 Å². The number of nitrogens with one attached hydrogen (secondary N) is 1. The highest BCUT2D eigenvalue weighted by Gasteiger charge is 2.06. The van der Waals surface area contributed by atoms with Crippen LogP contribution in [0.4, 0.5) is 0 Å². The lowest BCUT2D eigenvalue weighted by atomic mass is 10.3. The summed E-state index contributed by atoms with van der Waals surface area (Å²) in [5.41, 5.74) is 0.941. The molecular weight excluding hydrogens is 222 g/mol. The van der Waals surface area contributed by atoms with E-state index in [-0.39, 0.29) is 5.91 Å². The van der Waals surface area contributed by atoms with Gasteiger partial charge in [-0.15, -0.1) is 11.3 Å². The molecule has 0 aromatic carbocycles. The maximum Gasteiger partial charge on any atom is 0.261 e. The molecule has 0 atom stereocenters. The zero-order chi connectivity index (χ0) is 11.4. The summed E-state index contributed by atoms with van der Waals surface area (Å²) in [4.78, 5) is 13.6. The molecule has 0 saturated heterocycles. The molecule has 2 aromatic heterocycles. The average Bonchev–Trinajstić information content (AvgIpc) is 2.74. The van der Waals surface area contributed by atoms with Gasteiger partial charge in [-0.2, -0.15) is 10.2 Å². The highest BCUT2D eigenvalue weighted by atomic mass is 32.1. The first-order valence-electron chi connectivity index (χ1n) is 4.86. The Balaban J connectivity index is 1.94. The van der Waals surface area contributed by atoms with Gasteiger partial charge in [-0.1, -0.05) is 0 Å². The van der Waals surface area contributed by atoms with Crippen molar-refractivity contribution in [2.45, 2.75) is 13.5 Å². The lowest BCUT2D eigenvalue weighted by Crippen LogP contribution is -2.21. The first-order chi connectivity index (χ1) is 7.75. The number of nitrogens with zero attached hydrogens (tertiary/aromatic N) is 2. The quantitative estimate of drug-likeness (QED) is 0.879. The number of hydrogen-bond acceptors (Lipinski definition) is 4. The third-order valence-electron chi connectivity index (χ3n) is 2.06. The van der Waals surface area contributed by atoms with E-state index in [2.05, 4.69) is 15.5 Å². The van der Waals surface area contributed by atoms with Crippen LogP contribution in [0.5, 0.6) is 0 Å². The predicted molar refractivity (Wildman–Crippen MR) is 62.3 cm³/mol. The smallest absolute Gasteiger partial charge is 0.261 e. The maximum atomic E-state index is 11.7. The lowest BCUT2D eigenvalue weighted by Gasteiger charge is -2.02. The predicted octanol–water partition coefficient (Wildman–Crippen LogP) is 1.78. The maximum absolute atomic E-state index is 11.7. The third kappa shape index (κ3) is 2.64. The number of hydrogen-bond donors (Lipinski definition) is 1. The highest BCUT2D eigenvalue weighted by Crippen LogP contribution is 2.14. The molecule has 1 amide bonds. The molecule has 2 rings (SSSR count). The second-order valence-electron chi connectivity index (χ2n) is 3.34. The first-order valence-corrected chi connectivity index (χ1v) is 5.67. The fraction of sp³-hybridized carbons (Fsp3) is 0.182. The van der Waals surface area contributed by atoms with E-state index in [1.54, 1.807) is 12.4 Å². The lowest BCUT2D eigenvalue weighted by molar-refractivity contribution is 0.0955. The molecule has 4 nitrogen and oxygen atoms in total. The summed E-state index contributed by atoms with van der Waals surface area (Å²) in [7, 11) is 0. The molecule has 0 aliphatic rings. The van der Waals surface area contributed by atoms with Crippen LogP contribution in [0.15, 0.2) is 30.6 Å². The summed E-state index contributed by atoms with van der Waals surface area (Å²) in [5.74, 6) is -0.0464. The third-order valence-corrected chi connectivity index (χ3v) is 3.06. The highest BCUT2D eigenvalue weighted by molar-refractivity contribution is 7.13. The van der Waals surface area contributed by atoms with Crippen LogP contribution in [-0.4, -0.2) is 16.1 Å². The summed E-state index contributed by atoms with van der Waals surface area (Å²) in [6.45, 7) is 2.46. The van der Waals surface area contributed by atoms with Crippen molar-refractivity contribution in [1.29, 1.82) is 0 Å². The van der Waals surface area contributed by atoms with Crippen LogP contribution in [-0.2, 0) is 6.54 Å². The monoisotopic (exact) mass is 233 g/mol. The summed E-state index contributed by atoms with van der Waals surface area (Å²) >= 11 is 1.49. The number of amides is 1. The molecule has 2 heterocycles. The van der Waals surface area contributed by atoms with Crippen LogP contribution in [0.25, 0.3) is 0 Å². The van der Waals surface area contributed by atoms with Crippen molar-refractivity contribution in [3.8, 4) is 0 Å². The number of rotatable bonds is 3. The Morgan fingerprint density at radius 3 is 2.88 bits per heavy atom. The van der Waals surface area contributed by atoms with E-state index in [4.69, 9.17) is 0 Å². The molecule has 0 unspecified atom stereocenters. The van der Waals surface area contributed by atoms with E-state index < -0.39 is 0 Å². The minimum atomic E-state index is -0.0464. The number of carbonyl (C=O) groups excluding carboxylic acids is 1. The van der Waals surface area contributed by atoms with Gasteiger partial charge < -0.3 is 5.32 Å². The van der Waals surface area contributed by atoms with Gasteiger partial charge in [-0.05, 0) is 30.7 Å². The van der Waals surface area contributed by atoms with Gasteiger partial charge in [-0.3, -0.25) is 4.79 Å². The molecule has 0 bridgehead atoms. The Morgan fingerprint density at radius 2 is 2.25 bits per heavy atom. The van der Waals surface area contributed by atoms with E-state index in [9.17, 15) is 4.79 Å². The van der Waals surface area contributed by atoms with Crippen molar-refractivity contribution in [3.63, 3.8) is 0 Å². The SMILES string of the molecule is Cc1ccc(C(=O)NCc2ccnnc2)s1. The number of carbonyl (C=O) groups is 1. The van der Waals surface area contributed by atoms with Gasteiger partial charge in [0.05, 0.1) is 11.1 Å². The molecule has 0 aliphatic carbocycles. The number of thiophene rings is 1. The second kappa shape index (κ2) is 4.85. The zero-order valence-corrected chi connectivity index (χ0v) is 9.62. The fourth-order valence-electron chi connectivity index (χ4n) is 1.25. The molecule has 2 aromatic rings. The summed E-state index contributed by atoms with van der Waals surface area (Å²) < 4.78 is 0. The normalized spacial score (nSPS) is 10.1. The van der Waals surface area contributed by atoms with Gasteiger partial charge in [0.25, 0.3) is 5.91 Å². The largest absolute Gasteiger partial charge is 0.347 e. The minimum absolute atomic E-state index is 0.0464. The Bertz CT molecular complexity index is 481. The summed E-state index contributed by atoms with van der Waals surface area (Å²) in [5, 5.41) is 10.2. The Labute approximate surface area is 97.3 Å². The van der Waals surface area contributed by atoms with E-state index in [1.165, 1.54) is 11.3 Å². The number of aryl methyl sites for hydroxylation is 1. The van der Waals surface area contributed by atoms with Crippen LogP contribution in [0.1, 0.15) is 20.1 Å². The van der Waals surface area contributed by atoms with Crippen molar-refractivity contribution in [1.82, 2.24) is 15.5 Å². The first kappa shape index (κ1) is 10.8. The Kier molecular flexibility index (Phi) is 3.26. The van der Waals surface area contributed by atoms with Crippen molar-refractivity contribution < 1.29 is 4.79 Å². The van der Waals surface area contributed by atoms with Crippen LogP contribution in [0.2, 0.25) is 0 Å². The summed E-state index contributed by atoms with van der Waals surface area (Å²) in [6, 6.07) is 5.60. The molecule has 1 N–H and O–H groups in total. The molecule has 0 aliphatic heterocycles. The van der Waals surface area contributed by atoms with Crippen LogP contribution in [0.3, 0.4) is 0 Å². The molecule has 0 fully saturated rings. The molecule has 82 valence electrons. The van der Waals surface area contributed by atoms with E-state index in [0.29, 0.717) is 6.54 Å². The molecule has 16 heavy (non-hydrogen) atoms. The molecule has 0 saturated carbocycles. The van der Waals surface area contributed by atoms with E-state index in [0.717, 1.165) is 15.3 Å². The van der Waals surface area contributed by atoms with Crippen molar-refractivity contribution in [2.75, 3.05) is 0 Å². The average molecular weight is 233 g/mol. The molecule has 0 spiro atoms. The van der Waals surface area contributed by atoms with Crippen LogP contribution in [0, 0.1) is 6.92 Å². The Morgan fingerprint density at radius 1 is 1.38 bits per heavy atom. The fourth-order valence-corrected chi connectivity index (χ4v) is 2.03. The van der Waals surface area contributed by atoms with Gasteiger partial charge >= 0.3 is 0 Å². The number of aromatic nitrogens is 2. The molecule has 0 radical (unpaired) electrons. The second-order valence-corrected chi connectivity index (χ2v) is 4.63. The topological polar surface area (TPSA) is 54.9 Å². The van der Waals surface area contributed by atoms with Crippen molar-refractivity contribution in [2.24, 2.45) is 0 Å². The standard InChI is InChI=1S/C11H11N3OS/c1-8-2-3-10(16-8)11(15)12-6-9-4-5-13-14-7-9/h2-5,7H,6H2,1H3,(H,12,15). The van der Waals surface area contributed by atoms with Gasteiger partial charge in [0, 0.05) is 17.6 Å². The van der Waals surface area contributed by atoms with Gasteiger partial charge in [0.2, 0.25) is 0 Å². The zero-order valence-electron chi connectivity index (χ0n) is 8.80. The van der Waals surface area contributed by atoms with E-state index >= 15 is 0 Å². The van der Waals surface area contributed by atoms with Gasteiger partial charge in [-0.25, -0.2) is 0 Å². The Hall–Kier alpha value is -1.75. The molecular formula is C11H11N3OS. The van der Waals surface area contributed by atoms with Crippen LogP contribution >= 0.6 is 11.3 Å². The van der Waals surface area contributed by atoms with Crippen molar-refractivity contribution in [3.05, 3.63) is 45.9 Å². The summed E-state index contributed by atoms with van der Waals surface area (Å²) in [6.07, 6.45) is 3.25. The van der Waals surface area contributed by atoms with E-state index in [1.807, 2.05) is 25.1 Å². The molecule has 5 heteroatoms. The minimum Gasteiger partial charge on any atom is -0.347 e. The van der Waals surface area contributed by atoms with Crippen molar-refractivity contribution >= 4 is 17.2 Å². The van der Waals surface area contributed by atoms with Crippen LogP contribution < -0.4 is 5.32 Å².